The molecule has 0 aromatic heterocycles. The monoisotopic (exact) mass is 429 g/mol. The molecule has 1 aromatic rings. The highest BCUT2D eigenvalue weighted by Gasteiger charge is 2.09. The fourth-order valence-electron chi connectivity index (χ4n) is 1.73. The zero-order valence-corrected chi connectivity index (χ0v) is 17.4. The summed E-state index contributed by atoms with van der Waals surface area (Å²) in [4.78, 5) is 40.9. The van der Waals surface area contributed by atoms with Crippen molar-refractivity contribution in [3.8, 4) is 0 Å². The summed E-state index contributed by atoms with van der Waals surface area (Å²) in [6.07, 6.45) is 4.29. The van der Waals surface area contributed by atoms with Gasteiger partial charge >= 0.3 is 11.9 Å². The van der Waals surface area contributed by atoms with E-state index in [1.165, 1.54) is 0 Å². The van der Waals surface area contributed by atoms with Crippen LogP contribution in [0.25, 0.3) is 0 Å². The van der Waals surface area contributed by atoms with E-state index in [1.54, 1.807) is 24.3 Å². The molecular weight excluding hydrogens is 394 g/mol. The number of rotatable bonds is 10. The first-order chi connectivity index (χ1) is 13.7. The number of carboxylic acid groups (broad SMARTS) is 2. The number of hydrogen-bond acceptors (Lipinski definition) is 8. The van der Waals surface area contributed by atoms with Crippen molar-refractivity contribution >= 4 is 29.8 Å². The average Bonchev–Trinajstić information content (AvgIpc) is 2.69. The number of anilines is 1. The molecule has 1 rings (SSSR count). The van der Waals surface area contributed by atoms with E-state index < -0.39 is 18.0 Å². The molecule has 0 saturated carbocycles. The fraction of sp³-hybridized carbons (Fsp3) is 0.474. The zero-order valence-electron chi connectivity index (χ0n) is 17.4. The lowest BCUT2D eigenvalue weighted by molar-refractivity contribution is -0.139. The molecule has 1 atom stereocenters. The number of aliphatic carboxylic acids is 2. The number of unbranched alkanes of at least 4 members (excludes halogenated alkanes) is 1. The first-order valence-electron chi connectivity index (χ1n) is 9.17. The van der Waals surface area contributed by atoms with E-state index in [9.17, 15) is 19.2 Å². The molecule has 0 fully saturated rings. The van der Waals surface area contributed by atoms with E-state index in [0.717, 1.165) is 31.2 Å². The van der Waals surface area contributed by atoms with Crippen LogP contribution in [0.1, 0.15) is 49.4 Å². The maximum absolute atomic E-state index is 11.2. The van der Waals surface area contributed by atoms with E-state index in [0.29, 0.717) is 24.9 Å². The van der Waals surface area contributed by atoms with E-state index in [2.05, 4.69) is 11.1 Å². The minimum absolute atomic E-state index is 0. The van der Waals surface area contributed by atoms with Gasteiger partial charge in [-0.1, -0.05) is 13.3 Å². The van der Waals surface area contributed by atoms with Gasteiger partial charge in [-0.05, 0) is 50.1 Å². The van der Waals surface area contributed by atoms with Crippen LogP contribution < -0.4 is 28.7 Å². The number of aldehydes is 1. The van der Waals surface area contributed by atoms with Crippen molar-refractivity contribution in [2.45, 2.75) is 45.1 Å². The number of nitrogens with two attached hydrogens (primary N) is 3. The van der Waals surface area contributed by atoms with Crippen LogP contribution in [0.4, 0.5) is 5.69 Å². The minimum atomic E-state index is -0.968. The fourth-order valence-corrected chi connectivity index (χ4v) is 1.73. The molecule has 0 aliphatic rings. The summed E-state index contributed by atoms with van der Waals surface area (Å²) in [6.45, 7) is 2.28. The molecule has 0 heterocycles. The van der Waals surface area contributed by atoms with Crippen molar-refractivity contribution < 1.29 is 29.4 Å². The van der Waals surface area contributed by atoms with E-state index in [-0.39, 0.29) is 18.6 Å². The van der Waals surface area contributed by atoms with Crippen LogP contribution in [-0.4, -0.2) is 53.5 Å². The van der Waals surface area contributed by atoms with Gasteiger partial charge in [0.1, 0.15) is 12.3 Å². The molecule has 0 unspecified atom stereocenters. The first kappa shape index (κ1) is 31.8. The number of nitrogens with one attached hydrogen (secondary N) is 1. The summed E-state index contributed by atoms with van der Waals surface area (Å²) in [5, 5.41) is 18.7. The third-order valence-electron chi connectivity index (χ3n) is 3.27. The molecule has 172 valence electrons. The number of benzene rings is 1. The summed E-state index contributed by atoms with van der Waals surface area (Å²) >= 11 is 0. The molecule has 1 amide bonds. The topological polar surface area (TPSA) is 234 Å². The summed E-state index contributed by atoms with van der Waals surface area (Å²) in [6, 6.07) is 6.07. The van der Waals surface area contributed by atoms with Crippen molar-refractivity contribution in [3.05, 3.63) is 29.8 Å². The van der Waals surface area contributed by atoms with Gasteiger partial charge in [0.25, 0.3) is 0 Å². The van der Waals surface area contributed by atoms with Gasteiger partial charge in [-0.3, -0.25) is 19.2 Å². The largest absolute Gasteiger partial charge is 0.480 e. The highest BCUT2D eigenvalue weighted by atomic mass is 16.4. The Morgan fingerprint density at radius 3 is 2.00 bits per heavy atom. The SMILES string of the molecule is CCCC(=O)Nc1ccc(C=O)cc1.N.NCC(=O)O.NCCCC[C@H](N)C(=O)O. The Balaban J connectivity index is -0.000000401. The molecule has 11 heteroatoms. The van der Waals surface area contributed by atoms with Crippen LogP contribution in [0.15, 0.2) is 24.3 Å². The molecule has 0 radical (unpaired) electrons. The molecule has 1 aromatic carbocycles. The van der Waals surface area contributed by atoms with Gasteiger partial charge in [-0.25, -0.2) is 0 Å². The van der Waals surface area contributed by atoms with Crippen LogP contribution in [0.2, 0.25) is 0 Å². The second kappa shape index (κ2) is 20.9. The lowest BCUT2D eigenvalue weighted by Crippen LogP contribution is -2.29. The predicted octanol–water partition coefficient (Wildman–Crippen LogP) is 0.957. The summed E-state index contributed by atoms with van der Waals surface area (Å²) in [5.41, 5.74) is 16.3. The summed E-state index contributed by atoms with van der Waals surface area (Å²) in [5.74, 6) is -1.90. The lowest BCUT2D eigenvalue weighted by Gasteiger charge is -2.03. The normalized spacial score (nSPS) is 10.0. The number of carbonyl (C=O) groups excluding carboxylic acids is 2. The Kier molecular flexibility index (Phi) is 22.1. The molecule has 0 spiro atoms. The maximum atomic E-state index is 11.2. The lowest BCUT2D eigenvalue weighted by atomic mass is 10.1. The molecule has 0 aliphatic heterocycles. The average molecular weight is 430 g/mol. The molecular formula is C19H35N5O6. The summed E-state index contributed by atoms with van der Waals surface area (Å²) in [7, 11) is 0. The quantitative estimate of drug-likeness (QED) is 0.205. The number of carboxylic acids is 2. The van der Waals surface area contributed by atoms with Crippen molar-refractivity contribution in [1.82, 2.24) is 6.15 Å². The van der Waals surface area contributed by atoms with Crippen molar-refractivity contribution in [2.75, 3.05) is 18.4 Å². The van der Waals surface area contributed by atoms with Crippen LogP contribution >= 0.6 is 0 Å². The Bertz CT molecular complexity index is 610. The zero-order chi connectivity index (χ0) is 22.7. The van der Waals surface area contributed by atoms with Crippen molar-refractivity contribution in [2.24, 2.45) is 17.2 Å². The van der Waals surface area contributed by atoms with Crippen LogP contribution in [0, 0.1) is 0 Å². The van der Waals surface area contributed by atoms with Gasteiger partial charge in [0.15, 0.2) is 0 Å². The van der Waals surface area contributed by atoms with Crippen LogP contribution in [0.5, 0.6) is 0 Å². The van der Waals surface area contributed by atoms with E-state index >= 15 is 0 Å². The predicted molar refractivity (Wildman–Crippen MR) is 116 cm³/mol. The second-order valence-corrected chi connectivity index (χ2v) is 5.87. The van der Waals surface area contributed by atoms with Gasteiger partial charge in [0, 0.05) is 17.7 Å². The van der Waals surface area contributed by atoms with Crippen molar-refractivity contribution in [3.63, 3.8) is 0 Å². The summed E-state index contributed by atoms with van der Waals surface area (Å²) < 4.78 is 0. The van der Waals surface area contributed by atoms with Gasteiger partial charge in [-0.15, -0.1) is 0 Å². The Labute approximate surface area is 176 Å². The van der Waals surface area contributed by atoms with E-state index in [1.807, 2.05) is 6.92 Å². The Morgan fingerprint density at radius 2 is 1.63 bits per heavy atom. The Hall–Kier alpha value is -2.86. The number of hydrogen-bond donors (Lipinski definition) is 7. The van der Waals surface area contributed by atoms with Crippen LogP contribution in [0.3, 0.4) is 0 Å². The Morgan fingerprint density at radius 1 is 1.10 bits per heavy atom. The maximum Gasteiger partial charge on any atom is 0.320 e. The molecule has 0 bridgehead atoms. The third-order valence-corrected chi connectivity index (χ3v) is 3.27. The van der Waals surface area contributed by atoms with Crippen molar-refractivity contribution in [1.29, 1.82) is 0 Å². The minimum Gasteiger partial charge on any atom is -0.480 e. The van der Waals surface area contributed by atoms with Gasteiger partial charge in [0.05, 0.1) is 6.54 Å². The second-order valence-electron chi connectivity index (χ2n) is 5.87. The van der Waals surface area contributed by atoms with E-state index in [4.69, 9.17) is 21.7 Å². The van der Waals surface area contributed by atoms with Gasteiger partial charge < -0.3 is 38.9 Å². The molecule has 0 aliphatic carbocycles. The van der Waals surface area contributed by atoms with Gasteiger partial charge in [0.2, 0.25) is 5.91 Å². The number of carbonyl (C=O) groups is 4. The van der Waals surface area contributed by atoms with Crippen LogP contribution in [-0.2, 0) is 14.4 Å². The molecule has 12 N–H and O–H groups in total. The third kappa shape index (κ3) is 19.9. The highest BCUT2D eigenvalue weighted by molar-refractivity contribution is 5.91. The molecule has 0 saturated heterocycles. The molecule has 30 heavy (non-hydrogen) atoms. The first-order valence-corrected chi connectivity index (χ1v) is 9.17. The standard InChI is InChI=1S/C11H13NO2.C6H14N2O2.C2H5NO2.H3N/c1-2-3-11(14)12-10-6-4-9(8-13)5-7-10;7-4-2-1-3-5(8)6(9)10;3-1-2(4)5;/h4-8H,2-3H2,1H3,(H,12,14);5H,1-4,7-8H2,(H,9,10);1,3H2,(H,4,5);1H3/t;5-;;/m.0../s1. The number of amides is 1. The molecule has 11 nitrogen and oxygen atoms in total. The highest BCUT2D eigenvalue weighted by Crippen LogP contribution is 2.08. The van der Waals surface area contributed by atoms with Gasteiger partial charge in [-0.2, -0.15) is 0 Å². The smallest absolute Gasteiger partial charge is 0.320 e.